The van der Waals surface area contributed by atoms with Gasteiger partial charge in [0, 0.05) is 23.8 Å². The highest BCUT2D eigenvalue weighted by Gasteiger charge is 2.58. The summed E-state index contributed by atoms with van der Waals surface area (Å²) in [5, 5.41) is 41.7. The number of benzene rings is 2. The van der Waals surface area contributed by atoms with Crippen molar-refractivity contribution in [1.82, 2.24) is 4.57 Å². The van der Waals surface area contributed by atoms with Crippen molar-refractivity contribution < 1.29 is 34.3 Å². The summed E-state index contributed by atoms with van der Waals surface area (Å²) in [6.45, 7) is 0.140. The van der Waals surface area contributed by atoms with Gasteiger partial charge in [0.05, 0.1) is 13.2 Å². The van der Waals surface area contributed by atoms with Crippen LogP contribution in [0.15, 0.2) is 48.7 Å². The summed E-state index contributed by atoms with van der Waals surface area (Å²) < 4.78 is 26.8. The van der Waals surface area contributed by atoms with Gasteiger partial charge < -0.3 is 34.5 Å². The maximum absolute atomic E-state index is 13.2. The van der Waals surface area contributed by atoms with Gasteiger partial charge in [-0.25, -0.2) is 4.39 Å². The van der Waals surface area contributed by atoms with Gasteiger partial charge >= 0.3 is 0 Å². The molecule has 1 aromatic heterocycles. The average molecular weight is 415 g/mol. The lowest BCUT2D eigenvalue weighted by molar-refractivity contribution is -0.368. The molecule has 0 amide bonds. The molecule has 0 saturated carbocycles. The third-order valence-electron chi connectivity index (χ3n) is 6.03. The highest BCUT2D eigenvalue weighted by Crippen LogP contribution is 2.47. The summed E-state index contributed by atoms with van der Waals surface area (Å²) in [4.78, 5) is 0. The molecule has 3 aromatic rings. The smallest absolute Gasteiger partial charge is 0.225 e. The fourth-order valence-corrected chi connectivity index (χ4v) is 4.40. The average Bonchev–Trinajstić information content (AvgIpc) is 3.31. The SMILES string of the molecule is OC[C@H]1O[C@]2(OCc3cc4ccn(Cc5ccc(F)cc5)c4cc32)[C@H](O)[C@@H](O)[C@@H]1O. The van der Waals surface area contributed by atoms with Crippen LogP contribution in [0.1, 0.15) is 16.7 Å². The highest BCUT2D eigenvalue weighted by molar-refractivity contribution is 5.82. The molecule has 1 spiro atoms. The minimum absolute atomic E-state index is 0.159. The lowest BCUT2D eigenvalue weighted by Crippen LogP contribution is -2.63. The topological polar surface area (TPSA) is 104 Å². The van der Waals surface area contributed by atoms with E-state index in [-0.39, 0.29) is 12.4 Å². The molecule has 3 heterocycles. The molecule has 2 aromatic carbocycles. The minimum atomic E-state index is -1.68. The summed E-state index contributed by atoms with van der Waals surface area (Å²) in [7, 11) is 0. The molecule has 30 heavy (non-hydrogen) atoms. The van der Waals surface area contributed by atoms with Gasteiger partial charge in [0.1, 0.15) is 30.2 Å². The monoisotopic (exact) mass is 415 g/mol. The second kappa shape index (κ2) is 7.12. The number of halogens is 1. The molecule has 0 unspecified atom stereocenters. The van der Waals surface area contributed by atoms with Crippen LogP contribution in [0.3, 0.4) is 0 Å². The third-order valence-corrected chi connectivity index (χ3v) is 6.03. The summed E-state index contributed by atoms with van der Waals surface area (Å²) in [6.07, 6.45) is -3.69. The molecule has 0 aliphatic carbocycles. The Morgan fingerprint density at radius 2 is 1.83 bits per heavy atom. The van der Waals surface area contributed by atoms with E-state index in [0.29, 0.717) is 12.1 Å². The largest absolute Gasteiger partial charge is 0.394 e. The fourth-order valence-electron chi connectivity index (χ4n) is 4.40. The number of aliphatic hydroxyl groups is 4. The van der Waals surface area contributed by atoms with E-state index < -0.39 is 36.8 Å². The first-order valence-corrected chi connectivity index (χ1v) is 9.76. The van der Waals surface area contributed by atoms with E-state index >= 15 is 0 Å². The summed E-state index contributed by atoms with van der Waals surface area (Å²) in [6, 6.07) is 12.0. The molecule has 2 aliphatic heterocycles. The van der Waals surface area contributed by atoms with Crippen LogP contribution in [0.5, 0.6) is 0 Å². The van der Waals surface area contributed by atoms with Crippen LogP contribution in [0.2, 0.25) is 0 Å². The van der Waals surface area contributed by atoms with Crippen LogP contribution in [-0.2, 0) is 28.4 Å². The standard InChI is InChI=1S/C22H22FNO6/c23-15-3-1-12(2-4-15)9-24-6-5-13-7-14-11-29-22(16(14)8-17(13)24)21(28)20(27)19(26)18(10-25)30-22/h1-8,18-21,25-28H,9-11H2/t18-,19-,20+,21-,22+/m1/s1. The zero-order valence-corrected chi connectivity index (χ0v) is 16.0. The van der Waals surface area contributed by atoms with Gasteiger partial charge in [-0.05, 0) is 46.8 Å². The van der Waals surface area contributed by atoms with Gasteiger partial charge in [-0.2, -0.15) is 0 Å². The van der Waals surface area contributed by atoms with E-state index in [9.17, 15) is 24.8 Å². The van der Waals surface area contributed by atoms with Crippen molar-refractivity contribution in [3.8, 4) is 0 Å². The van der Waals surface area contributed by atoms with Crippen LogP contribution < -0.4 is 0 Å². The molecule has 5 atom stereocenters. The zero-order valence-electron chi connectivity index (χ0n) is 16.0. The first-order chi connectivity index (χ1) is 14.4. The predicted molar refractivity (Wildman–Crippen MR) is 104 cm³/mol. The van der Waals surface area contributed by atoms with Crippen LogP contribution >= 0.6 is 0 Å². The van der Waals surface area contributed by atoms with Crippen LogP contribution in [0.25, 0.3) is 10.9 Å². The van der Waals surface area contributed by atoms with E-state index in [0.717, 1.165) is 22.0 Å². The molecular formula is C22H22FNO6. The van der Waals surface area contributed by atoms with Crippen molar-refractivity contribution in [2.24, 2.45) is 0 Å². The minimum Gasteiger partial charge on any atom is -0.394 e. The third kappa shape index (κ3) is 2.88. The van der Waals surface area contributed by atoms with E-state index in [1.165, 1.54) is 12.1 Å². The van der Waals surface area contributed by atoms with Gasteiger partial charge in [0.15, 0.2) is 0 Å². The zero-order chi connectivity index (χ0) is 21.0. The quantitative estimate of drug-likeness (QED) is 0.509. The van der Waals surface area contributed by atoms with E-state index in [2.05, 4.69) is 0 Å². The van der Waals surface area contributed by atoms with E-state index in [4.69, 9.17) is 9.47 Å². The Balaban J connectivity index is 1.57. The summed E-state index contributed by atoms with van der Waals surface area (Å²) >= 11 is 0. The lowest BCUT2D eigenvalue weighted by Gasteiger charge is -2.46. The van der Waals surface area contributed by atoms with E-state index in [1.807, 2.05) is 29.0 Å². The Kier molecular flexibility index (Phi) is 4.66. The number of hydrogen-bond donors (Lipinski definition) is 4. The maximum Gasteiger partial charge on any atom is 0.225 e. The van der Waals surface area contributed by atoms with Crippen molar-refractivity contribution in [1.29, 1.82) is 0 Å². The molecule has 0 radical (unpaired) electrons. The van der Waals surface area contributed by atoms with Gasteiger partial charge in [0.2, 0.25) is 5.79 Å². The molecule has 1 fully saturated rings. The normalized spacial score (nSPS) is 30.8. The van der Waals surface area contributed by atoms with Crippen molar-refractivity contribution in [2.45, 2.75) is 43.4 Å². The van der Waals surface area contributed by atoms with Crippen LogP contribution in [-0.4, -0.2) is 56.0 Å². The molecular weight excluding hydrogens is 393 g/mol. The molecule has 7 nitrogen and oxygen atoms in total. The fraction of sp³-hybridized carbons (Fsp3) is 0.364. The molecule has 158 valence electrons. The first kappa shape index (κ1) is 19.6. The Labute approximate surface area is 171 Å². The van der Waals surface area contributed by atoms with Crippen molar-refractivity contribution >= 4 is 10.9 Å². The van der Waals surface area contributed by atoms with Gasteiger partial charge in [0.25, 0.3) is 0 Å². The first-order valence-electron chi connectivity index (χ1n) is 9.76. The van der Waals surface area contributed by atoms with Crippen molar-refractivity contribution in [3.63, 3.8) is 0 Å². The number of aromatic nitrogens is 1. The molecule has 0 bridgehead atoms. The molecule has 2 aliphatic rings. The van der Waals surface area contributed by atoms with E-state index in [1.54, 1.807) is 12.1 Å². The predicted octanol–water partition coefficient (Wildman–Crippen LogP) is 0.985. The van der Waals surface area contributed by atoms with Crippen LogP contribution in [0.4, 0.5) is 4.39 Å². The van der Waals surface area contributed by atoms with Gasteiger partial charge in [-0.3, -0.25) is 0 Å². The van der Waals surface area contributed by atoms with Gasteiger partial charge in [-0.15, -0.1) is 0 Å². The number of nitrogens with zero attached hydrogens (tertiary/aromatic N) is 1. The highest BCUT2D eigenvalue weighted by atomic mass is 19.1. The number of hydrogen-bond acceptors (Lipinski definition) is 6. The summed E-state index contributed by atoms with van der Waals surface area (Å²) in [5.74, 6) is -1.98. The molecule has 5 rings (SSSR count). The molecule has 8 heteroatoms. The Bertz CT molecular complexity index is 1080. The number of aliphatic hydroxyl groups excluding tert-OH is 4. The van der Waals surface area contributed by atoms with Crippen molar-refractivity contribution in [2.75, 3.05) is 6.61 Å². The molecule has 4 N–H and O–H groups in total. The number of fused-ring (bicyclic) bond motifs is 3. The second-order valence-corrected chi connectivity index (χ2v) is 7.86. The number of ether oxygens (including phenoxy) is 2. The second-order valence-electron chi connectivity index (χ2n) is 7.86. The van der Waals surface area contributed by atoms with Crippen LogP contribution in [0, 0.1) is 5.82 Å². The van der Waals surface area contributed by atoms with Crippen molar-refractivity contribution in [3.05, 3.63) is 71.2 Å². The molecule has 1 saturated heterocycles. The lowest BCUT2D eigenvalue weighted by atomic mass is 9.87. The van der Waals surface area contributed by atoms with Gasteiger partial charge in [-0.1, -0.05) is 12.1 Å². The Hall–Kier alpha value is -2.33. The maximum atomic E-state index is 13.2. The number of rotatable bonds is 3. The Morgan fingerprint density at radius 1 is 1.07 bits per heavy atom. The summed E-state index contributed by atoms with van der Waals surface area (Å²) in [5.41, 5.74) is 3.11. The Morgan fingerprint density at radius 3 is 2.57 bits per heavy atom.